The number of hydrogen-bond acceptors (Lipinski definition) is 3. The van der Waals surface area contributed by atoms with Crippen LogP contribution in [0.4, 0.5) is 5.69 Å². The maximum absolute atomic E-state index is 12.6. The molecule has 0 bridgehead atoms. The number of nitrogens with one attached hydrogen (secondary N) is 1. The molecule has 0 atom stereocenters. The van der Waals surface area contributed by atoms with E-state index >= 15 is 0 Å². The lowest BCUT2D eigenvalue weighted by molar-refractivity contribution is -0.116. The van der Waals surface area contributed by atoms with Gasteiger partial charge in [0.25, 0.3) is 5.91 Å². The van der Waals surface area contributed by atoms with E-state index in [0.717, 1.165) is 6.42 Å². The summed E-state index contributed by atoms with van der Waals surface area (Å²) in [6, 6.07) is 7.18. The molecular formula is C17H24N2O3. The molecule has 1 heterocycles. The summed E-state index contributed by atoms with van der Waals surface area (Å²) in [6.07, 6.45) is 1.31. The number of benzene rings is 1. The van der Waals surface area contributed by atoms with Crippen molar-refractivity contribution in [2.24, 2.45) is 5.92 Å². The third kappa shape index (κ3) is 4.56. The molecule has 0 saturated carbocycles. The van der Waals surface area contributed by atoms with Crippen molar-refractivity contribution in [2.75, 3.05) is 31.6 Å². The zero-order valence-electron chi connectivity index (χ0n) is 13.3. The molecule has 1 aliphatic heterocycles. The molecule has 5 nitrogen and oxygen atoms in total. The van der Waals surface area contributed by atoms with Gasteiger partial charge in [-0.1, -0.05) is 26.0 Å². The maximum atomic E-state index is 12.6. The molecule has 1 aromatic carbocycles. The third-order valence-corrected chi connectivity index (χ3v) is 3.68. The first-order valence-electron chi connectivity index (χ1n) is 7.84. The molecule has 0 aliphatic carbocycles. The summed E-state index contributed by atoms with van der Waals surface area (Å²) in [5.41, 5.74) is 1.13. The Hall–Kier alpha value is -1.88. The molecule has 0 radical (unpaired) electrons. The molecular weight excluding hydrogens is 280 g/mol. The Morgan fingerprint density at radius 3 is 2.59 bits per heavy atom. The first-order valence-corrected chi connectivity index (χ1v) is 7.84. The second kappa shape index (κ2) is 7.94. The van der Waals surface area contributed by atoms with E-state index in [2.05, 4.69) is 19.2 Å². The fourth-order valence-corrected chi connectivity index (χ4v) is 2.35. The minimum Gasteiger partial charge on any atom is -0.378 e. The van der Waals surface area contributed by atoms with Crippen LogP contribution in [0.5, 0.6) is 0 Å². The predicted molar refractivity (Wildman–Crippen MR) is 85.9 cm³/mol. The number of carbonyl (C=O) groups is 2. The van der Waals surface area contributed by atoms with Crippen LogP contribution in [-0.2, 0) is 9.53 Å². The van der Waals surface area contributed by atoms with Crippen molar-refractivity contribution >= 4 is 17.5 Å². The average molecular weight is 304 g/mol. The van der Waals surface area contributed by atoms with Gasteiger partial charge < -0.3 is 15.0 Å². The molecule has 120 valence electrons. The summed E-state index contributed by atoms with van der Waals surface area (Å²) < 4.78 is 5.27. The molecule has 1 fully saturated rings. The lowest BCUT2D eigenvalue weighted by Gasteiger charge is -2.27. The van der Waals surface area contributed by atoms with E-state index in [-0.39, 0.29) is 11.8 Å². The highest BCUT2D eigenvalue weighted by Crippen LogP contribution is 2.19. The number of amides is 2. The number of morpholine rings is 1. The van der Waals surface area contributed by atoms with Crippen LogP contribution in [0.15, 0.2) is 24.3 Å². The molecule has 0 spiro atoms. The lowest BCUT2D eigenvalue weighted by atomic mass is 10.1. The van der Waals surface area contributed by atoms with Gasteiger partial charge in [-0.3, -0.25) is 9.59 Å². The van der Waals surface area contributed by atoms with E-state index < -0.39 is 0 Å². The first-order chi connectivity index (χ1) is 10.6. The van der Waals surface area contributed by atoms with E-state index in [9.17, 15) is 9.59 Å². The van der Waals surface area contributed by atoms with E-state index in [1.165, 1.54) is 0 Å². The monoisotopic (exact) mass is 304 g/mol. The van der Waals surface area contributed by atoms with Gasteiger partial charge in [-0.15, -0.1) is 0 Å². The van der Waals surface area contributed by atoms with Gasteiger partial charge in [-0.05, 0) is 24.5 Å². The first kappa shape index (κ1) is 16.5. The smallest absolute Gasteiger partial charge is 0.256 e. The minimum atomic E-state index is -0.0527. The van der Waals surface area contributed by atoms with Gasteiger partial charge in [0.2, 0.25) is 5.91 Å². The maximum Gasteiger partial charge on any atom is 0.256 e. The van der Waals surface area contributed by atoms with Gasteiger partial charge in [0.1, 0.15) is 0 Å². The van der Waals surface area contributed by atoms with E-state index in [1.807, 2.05) is 12.1 Å². The molecule has 0 unspecified atom stereocenters. The molecule has 22 heavy (non-hydrogen) atoms. The predicted octanol–water partition coefficient (Wildman–Crippen LogP) is 2.53. The largest absolute Gasteiger partial charge is 0.378 e. The van der Waals surface area contributed by atoms with Crippen molar-refractivity contribution in [2.45, 2.75) is 26.7 Å². The Kier molecular flexibility index (Phi) is 5.95. The number of rotatable bonds is 5. The highest BCUT2D eigenvalue weighted by Gasteiger charge is 2.21. The van der Waals surface area contributed by atoms with Crippen molar-refractivity contribution in [1.82, 2.24) is 4.90 Å². The van der Waals surface area contributed by atoms with Crippen LogP contribution in [-0.4, -0.2) is 43.0 Å². The van der Waals surface area contributed by atoms with Gasteiger partial charge in [0.05, 0.1) is 24.5 Å². The molecule has 5 heteroatoms. The Balaban J connectivity index is 2.05. The van der Waals surface area contributed by atoms with Crippen molar-refractivity contribution in [3.63, 3.8) is 0 Å². The van der Waals surface area contributed by atoms with Gasteiger partial charge in [0, 0.05) is 19.5 Å². The summed E-state index contributed by atoms with van der Waals surface area (Å²) in [7, 11) is 0. The summed E-state index contributed by atoms with van der Waals surface area (Å²) in [4.78, 5) is 26.4. The van der Waals surface area contributed by atoms with Crippen LogP contribution in [0.2, 0.25) is 0 Å². The number of hydrogen-bond donors (Lipinski definition) is 1. The number of nitrogens with zero attached hydrogens (tertiary/aromatic N) is 1. The van der Waals surface area contributed by atoms with Crippen LogP contribution in [0.3, 0.4) is 0 Å². The summed E-state index contributed by atoms with van der Waals surface area (Å²) >= 11 is 0. The van der Waals surface area contributed by atoms with Crippen LogP contribution in [0, 0.1) is 5.92 Å². The van der Waals surface area contributed by atoms with E-state index in [4.69, 9.17) is 4.74 Å². The van der Waals surface area contributed by atoms with Gasteiger partial charge in [0.15, 0.2) is 0 Å². The standard InChI is InChI=1S/C17H24N2O3/c1-13(2)7-8-16(20)18-15-6-4-3-5-14(15)17(21)19-9-11-22-12-10-19/h3-6,13H,7-12H2,1-2H3,(H,18,20). The second-order valence-corrected chi connectivity index (χ2v) is 5.93. The Morgan fingerprint density at radius 1 is 1.23 bits per heavy atom. The third-order valence-electron chi connectivity index (χ3n) is 3.68. The van der Waals surface area contributed by atoms with Crippen LogP contribution >= 0.6 is 0 Å². The number of anilines is 1. The summed E-state index contributed by atoms with van der Waals surface area (Å²) in [5.74, 6) is 0.384. The van der Waals surface area contributed by atoms with Crippen molar-refractivity contribution in [1.29, 1.82) is 0 Å². The molecule has 1 aromatic rings. The molecule has 2 amide bonds. The Bertz CT molecular complexity index is 522. The fraction of sp³-hybridized carbons (Fsp3) is 0.529. The van der Waals surface area contributed by atoms with Crippen molar-refractivity contribution < 1.29 is 14.3 Å². The summed E-state index contributed by atoms with van der Waals surface area (Å²) in [6.45, 7) is 6.48. The van der Waals surface area contributed by atoms with E-state index in [1.54, 1.807) is 17.0 Å². The minimum absolute atomic E-state index is 0.0454. The normalized spacial score (nSPS) is 15.0. The zero-order valence-corrected chi connectivity index (χ0v) is 13.3. The van der Waals surface area contributed by atoms with Gasteiger partial charge >= 0.3 is 0 Å². The van der Waals surface area contributed by atoms with Crippen LogP contribution in [0.1, 0.15) is 37.0 Å². The molecule has 0 aromatic heterocycles. The molecule has 1 aliphatic rings. The van der Waals surface area contributed by atoms with Gasteiger partial charge in [-0.2, -0.15) is 0 Å². The highest BCUT2D eigenvalue weighted by molar-refractivity contribution is 6.03. The van der Waals surface area contributed by atoms with E-state index in [0.29, 0.717) is 49.9 Å². The summed E-state index contributed by atoms with van der Waals surface area (Å²) in [5, 5.41) is 2.87. The second-order valence-electron chi connectivity index (χ2n) is 5.93. The van der Waals surface area contributed by atoms with Crippen molar-refractivity contribution in [3.05, 3.63) is 29.8 Å². The van der Waals surface area contributed by atoms with Crippen LogP contribution < -0.4 is 5.32 Å². The molecule has 1 saturated heterocycles. The number of ether oxygens (including phenoxy) is 1. The molecule has 1 N–H and O–H groups in total. The lowest BCUT2D eigenvalue weighted by Crippen LogP contribution is -2.41. The average Bonchev–Trinajstić information content (AvgIpc) is 2.53. The Morgan fingerprint density at radius 2 is 1.91 bits per heavy atom. The van der Waals surface area contributed by atoms with Crippen molar-refractivity contribution in [3.8, 4) is 0 Å². The zero-order chi connectivity index (χ0) is 15.9. The quantitative estimate of drug-likeness (QED) is 0.909. The van der Waals surface area contributed by atoms with Gasteiger partial charge in [-0.25, -0.2) is 0 Å². The Labute approximate surface area is 131 Å². The number of para-hydroxylation sites is 1. The highest BCUT2D eigenvalue weighted by atomic mass is 16.5. The van der Waals surface area contributed by atoms with Crippen LogP contribution in [0.25, 0.3) is 0 Å². The molecule has 2 rings (SSSR count). The SMILES string of the molecule is CC(C)CCC(=O)Nc1ccccc1C(=O)N1CCOCC1. The fourth-order valence-electron chi connectivity index (χ4n) is 2.35. The number of carbonyl (C=O) groups excluding carboxylic acids is 2. The topological polar surface area (TPSA) is 58.6 Å².